The first-order chi connectivity index (χ1) is 13.1. The van der Waals surface area contributed by atoms with Gasteiger partial charge < -0.3 is 10.5 Å². The molecule has 0 atom stereocenters. The Balaban J connectivity index is 1.44. The van der Waals surface area contributed by atoms with Crippen LogP contribution in [0.15, 0.2) is 48.7 Å². The van der Waals surface area contributed by atoms with Gasteiger partial charge in [-0.15, -0.1) is 0 Å². The van der Waals surface area contributed by atoms with Crippen LogP contribution < -0.4 is 10.5 Å². The van der Waals surface area contributed by atoms with E-state index in [1.807, 2.05) is 42.6 Å². The van der Waals surface area contributed by atoms with E-state index in [-0.39, 0.29) is 0 Å². The highest BCUT2D eigenvalue weighted by Crippen LogP contribution is 2.24. The van der Waals surface area contributed by atoms with E-state index >= 15 is 0 Å². The quantitative estimate of drug-likeness (QED) is 0.718. The minimum absolute atomic E-state index is 0.573. The predicted octanol–water partition coefficient (Wildman–Crippen LogP) is 3.74. The third-order valence-electron chi connectivity index (χ3n) is 5.14. The van der Waals surface area contributed by atoms with Crippen molar-refractivity contribution in [2.75, 3.05) is 19.0 Å². The molecule has 0 radical (unpaired) electrons. The van der Waals surface area contributed by atoms with Gasteiger partial charge in [0, 0.05) is 42.5 Å². The largest absolute Gasteiger partial charge is 0.478 e. The zero-order chi connectivity index (χ0) is 18.8. The maximum absolute atomic E-state index is 6.05. The Hall–Kier alpha value is -2.92. The number of fused-ring (bicyclic) bond motifs is 1. The van der Waals surface area contributed by atoms with Crippen LogP contribution in [0.1, 0.15) is 22.4 Å². The summed E-state index contributed by atoms with van der Waals surface area (Å²) in [7, 11) is 0. The summed E-state index contributed by atoms with van der Waals surface area (Å²) >= 11 is 0. The van der Waals surface area contributed by atoms with Crippen molar-refractivity contribution in [1.82, 2.24) is 14.9 Å². The fraction of sp³-hybridized carbons (Fsp3) is 0.273. The van der Waals surface area contributed by atoms with Crippen LogP contribution in [0.4, 0.5) is 5.69 Å². The van der Waals surface area contributed by atoms with Gasteiger partial charge in [0.1, 0.15) is 12.5 Å². The zero-order valence-electron chi connectivity index (χ0n) is 15.8. The van der Waals surface area contributed by atoms with Crippen LogP contribution in [0, 0.1) is 13.8 Å². The number of rotatable bonds is 4. The number of aryl methyl sites for hydroxylation is 1. The van der Waals surface area contributed by atoms with Crippen molar-refractivity contribution in [1.29, 1.82) is 0 Å². The number of benzene rings is 2. The number of ether oxygens (including phenoxy) is 1. The van der Waals surface area contributed by atoms with E-state index in [2.05, 4.69) is 29.8 Å². The molecule has 1 aliphatic heterocycles. The van der Waals surface area contributed by atoms with Crippen LogP contribution >= 0.6 is 0 Å². The van der Waals surface area contributed by atoms with Crippen molar-refractivity contribution >= 4 is 5.69 Å². The van der Waals surface area contributed by atoms with Gasteiger partial charge in [-0.05, 0) is 55.3 Å². The van der Waals surface area contributed by atoms with Gasteiger partial charge in [-0.1, -0.05) is 12.1 Å². The molecule has 0 aliphatic carbocycles. The summed E-state index contributed by atoms with van der Waals surface area (Å²) in [4.78, 5) is 11.6. The molecule has 1 aliphatic rings. The molecule has 4 rings (SSSR count). The third-order valence-corrected chi connectivity index (χ3v) is 5.14. The van der Waals surface area contributed by atoms with Crippen LogP contribution in [0.2, 0.25) is 0 Å². The molecule has 2 heterocycles. The number of nitrogen functional groups attached to an aromatic ring is 1. The minimum Gasteiger partial charge on any atom is -0.478 e. The first-order valence-corrected chi connectivity index (χ1v) is 9.22. The van der Waals surface area contributed by atoms with Crippen LogP contribution in [0.25, 0.3) is 11.4 Å². The smallest absolute Gasteiger partial charge is 0.159 e. The lowest BCUT2D eigenvalue weighted by Gasteiger charge is -2.28. The van der Waals surface area contributed by atoms with Crippen molar-refractivity contribution in [3.8, 4) is 17.1 Å². The number of hydrogen-bond donors (Lipinski definition) is 1. The van der Waals surface area contributed by atoms with Crippen molar-refractivity contribution in [2.45, 2.75) is 26.8 Å². The van der Waals surface area contributed by atoms with E-state index < -0.39 is 0 Å². The van der Waals surface area contributed by atoms with Crippen LogP contribution in [0.5, 0.6) is 5.75 Å². The van der Waals surface area contributed by atoms with Gasteiger partial charge in [0.25, 0.3) is 0 Å². The molecule has 3 aromatic rings. The second-order valence-electron chi connectivity index (χ2n) is 7.06. The Labute approximate surface area is 159 Å². The molecule has 5 nitrogen and oxygen atoms in total. The van der Waals surface area contributed by atoms with E-state index in [1.165, 1.54) is 16.7 Å². The van der Waals surface area contributed by atoms with Gasteiger partial charge in [0.2, 0.25) is 0 Å². The number of nitrogens with two attached hydrogens (primary N) is 1. The van der Waals surface area contributed by atoms with Gasteiger partial charge in [-0.25, -0.2) is 9.97 Å². The summed E-state index contributed by atoms with van der Waals surface area (Å²) in [6, 6.07) is 13.9. The van der Waals surface area contributed by atoms with Crippen molar-refractivity contribution < 1.29 is 4.74 Å². The molecule has 0 saturated carbocycles. The second-order valence-corrected chi connectivity index (χ2v) is 7.06. The average molecular weight is 360 g/mol. The molecule has 0 bridgehead atoms. The Morgan fingerprint density at radius 3 is 2.74 bits per heavy atom. The average Bonchev–Trinajstić information content (AvgIpc) is 2.69. The van der Waals surface area contributed by atoms with Gasteiger partial charge in [-0.2, -0.15) is 0 Å². The molecule has 27 heavy (non-hydrogen) atoms. The molecule has 0 amide bonds. The molecule has 5 heteroatoms. The van der Waals surface area contributed by atoms with Crippen molar-refractivity contribution in [3.05, 3.63) is 71.0 Å². The highest BCUT2D eigenvalue weighted by molar-refractivity contribution is 5.58. The third kappa shape index (κ3) is 3.78. The van der Waals surface area contributed by atoms with Crippen molar-refractivity contribution in [3.63, 3.8) is 0 Å². The second kappa shape index (κ2) is 7.37. The molecular weight excluding hydrogens is 336 g/mol. The van der Waals surface area contributed by atoms with E-state index in [0.29, 0.717) is 6.73 Å². The summed E-state index contributed by atoms with van der Waals surface area (Å²) in [6.45, 7) is 6.51. The Kier molecular flexibility index (Phi) is 4.77. The maximum atomic E-state index is 6.05. The van der Waals surface area contributed by atoms with Gasteiger partial charge in [0.05, 0.1) is 5.69 Å². The van der Waals surface area contributed by atoms with Gasteiger partial charge in [-0.3, -0.25) is 4.90 Å². The fourth-order valence-corrected chi connectivity index (χ4v) is 3.30. The first kappa shape index (κ1) is 17.5. The summed E-state index contributed by atoms with van der Waals surface area (Å²) < 4.78 is 6.05. The fourth-order valence-electron chi connectivity index (χ4n) is 3.30. The van der Waals surface area contributed by atoms with Crippen LogP contribution in [-0.2, 0) is 13.0 Å². The first-order valence-electron chi connectivity index (χ1n) is 9.22. The van der Waals surface area contributed by atoms with Crippen LogP contribution in [-0.4, -0.2) is 28.1 Å². The molecule has 0 saturated heterocycles. The number of hydrogen-bond acceptors (Lipinski definition) is 5. The highest BCUT2D eigenvalue weighted by atomic mass is 16.5. The molecule has 0 fully saturated rings. The summed E-state index contributed by atoms with van der Waals surface area (Å²) in [5, 5.41) is 0. The lowest BCUT2D eigenvalue weighted by atomic mass is 10.1. The molecule has 2 N–H and O–H groups in total. The SMILES string of the molecule is Cc1cccc(OCN2CCc3nc(-c4ccc(N)cc4)ncc3C2)c1C. The number of anilines is 1. The lowest BCUT2D eigenvalue weighted by Crippen LogP contribution is -2.34. The Morgan fingerprint density at radius 1 is 1.11 bits per heavy atom. The topological polar surface area (TPSA) is 64.3 Å². The summed E-state index contributed by atoms with van der Waals surface area (Å²) in [5.74, 6) is 1.71. The van der Waals surface area contributed by atoms with Gasteiger partial charge >= 0.3 is 0 Å². The minimum atomic E-state index is 0.573. The normalized spacial score (nSPS) is 14.0. The maximum Gasteiger partial charge on any atom is 0.159 e. The standard InChI is InChI=1S/C22H24N4O/c1-15-4-3-5-21(16(15)2)27-14-26-11-10-20-18(13-26)12-24-22(25-20)17-6-8-19(23)9-7-17/h3-9,12H,10-11,13-14,23H2,1-2H3. The van der Waals surface area contributed by atoms with Crippen LogP contribution in [0.3, 0.4) is 0 Å². The monoisotopic (exact) mass is 360 g/mol. The van der Waals surface area contributed by atoms with E-state index in [9.17, 15) is 0 Å². The van der Waals surface area contributed by atoms with E-state index in [0.717, 1.165) is 48.0 Å². The van der Waals surface area contributed by atoms with E-state index in [4.69, 9.17) is 15.5 Å². The Bertz CT molecular complexity index is 953. The molecular formula is C22H24N4O. The predicted molar refractivity (Wildman–Crippen MR) is 107 cm³/mol. The number of aromatic nitrogens is 2. The van der Waals surface area contributed by atoms with E-state index in [1.54, 1.807) is 0 Å². The number of nitrogens with zero attached hydrogens (tertiary/aromatic N) is 3. The zero-order valence-corrected chi connectivity index (χ0v) is 15.8. The lowest BCUT2D eigenvalue weighted by molar-refractivity contribution is 0.112. The Morgan fingerprint density at radius 2 is 1.93 bits per heavy atom. The molecule has 0 spiro atoms. The summed E-state index contributed by atoms with van der Waals surface area (Å²) in [5.41, 5.74) is 12.2. The highest BCUT2D eigenvalue weighted by Gasteiger charge is 2.19. The van der Waals surface area contributed by atoms with Crippen molar-refractivity contribution in [2.24, 2.45) is 0 Å². The van der Waals surface area contributed by atoms with Gasteiger partial charge in [0.15, 0.2) is 5.82 Å². The molecule has 2 aromatic carbocycles. The molecule has 0 unspecified atom stereocenters. The molecule has 1 aromatic heterocycles. The summed E-state index contributed by atoms with van der Waals surface area (Å²) in [6.07, 6.45) is 2.84. The molecule has 138 valence electrons.